The molecule has 5 heterocycles. The Kier molecular flexibility index (Phi) is 16.9. The highest BCUT2D eigenvalue weighted by Gasteiger charge is 2.39. The topological polar surface area (TPSA) is 236 Å². The molecule has 5 rings (SSSR count). The van der Waals surface area contributed by atoms with Gasteiger partial charge < -0.3 is 39.2 Å². The van der Waals surface area contributed by atoms with Crippen molar-refractivity contribution < 1.29 is 57.7 Å². The maximum atomic E-state index is 13.8. The second-order valence-electron chi connectivity index (χ2n) is 15.8. The second kappa shape index (κ2) is 22.3. The molecule has 5 aliphatic rings. The van der Waals surface area contributed by atoms with E-state index in [2.05, 4.69) is 17.4 Å². The zero-order valence-corrected chi connectivity index (χ0v) is 39.3. The van der Waals surface area contributed by atoms with E-state index in [9.17, 15) is 33.9 Å². The molecule has 8 bridgehead atoms. The van der Waals surface area contributed by atoms with E-state index in [0.29, 0.717) is 74.5 Å². The molecule has 5 aliphatic heterocycles. The zero-order chi connectivity index (χ0) is 49.2. The van der Waals surface area contributed by atoms with Crippen molar-refractivity contribution in [3.8, 4) is 0 Å². The molecule has 0 saturated heterocycles. The summed E-state index contributed by atoms with van der Waals surface area (Å²) in [7, 11) is 4.72. The molecule has 356 valence electrons. The summed E-state index contributed by atoms with van der Waals surface area (Å²) in [5.41, 5.74) is 9.82. The maximum absolute atomic E-state index is 13.8. The number of hydrogen-bond donors (Lipinski definition) is 3. The van der Waals surface area contributed by atoms with Crippen LogP contribution in [0.3, 0.4) is 0 Å². The van der Waals surface area contributed by atoms with Crippen molar-refractivity contribution in [2.45, 2.75) is 65.9 Å². The highest BCUT2D eigenvalue weighted by atomic mass is 16.6. The van der Waals surface area contributed by atoms with Crippen LogP contribution in [0.1, 0.15) is 60.3 Å². The normalized spacial score (nSPS) is 18.6. The number of carbonyl (C=O) groups is 6. The number of esters is 4. The lowest BCUT2D eigenvalue weighted by atomic mass is 9.92. The summed E-state index contributed by atoms with van der Waals surface area (Å²) < 4.78 is 19.1. The number of nitrogens with zero attached hydrogens (tertiary/aromatic N) is 5. The van der Waals surface area contributed by atoms with Crippen molar-refractivity contribution in [1.82, 2.24) is 20.6 Å². The fourth-order valence-corrected chi connectivity index (χ4v) is 7.71. The summed E-state index contributed by atoms with van der Waals surface area (Å²) in [5.74, 6) is -3.91. The number of rotatable bonds is 19. The molecule has 1 atom stereocenters. The number of methoxy groups -OCH3 is 4. The Labute approximate surface area is 389 Å². The summed E-state index contributed by atoms with van der Waals surface area (Å²) in [4.78, 5) is 99.2. The highest BCUT2D eigenvalue weighted by Crippen LogP contribution is 2.40. The molecule has 2 amide bonds. The lowest BCUT2D eigenvalue weighted by molar-refractivity contribution is -0.152. The van der Waals surface area contributed by atoms with Crippen LogP contribution in [-0.2, 0) is 52.6 Å². The number of carbonyl (C=O) groups excluding carboxylic acids is 6. The lowest BCUT2D eigenvalue weighted by Gasteiger charge is -2.21. The third-order valence-electron chi connectivity index (χ3n) is 11.6. The fourth-order valence-electron chi connectivity index (χ4n) is 7.71. The first kappa shape index (κ1) is 50.7. The molecule has 0 saturated carbocycles. The van der Waals surface area contributed by atoms with Crippen molar-refractivity contribution in [3.63, 3.8) is 0 Å². The Morgan fingerprint density at radius 3 is 1.72 bits per heavy atom. The van der Waals surface area contributed by atoms with Crippen molar-refractivity contribution >= 4 is 52.8 Å². The first-order valence-electron chi connectivity index (χ1n) is 21.4. The van der Waals surface area contributed by atoms with E-state index < -0.39 is 67.5 Å². The number of aliphatic imine (C=N–C) groups is 3. The number of fused-ring (bicyclic) bond motifs is 5. The number of hydrogen-bond acceptors (Lipinski definition) is 17. The van der Waals surface area contributed by atoms with E-state index in [4.69, 9.17) is 38.8 Å². The molecule has 0 aromatic carbocycles. The summed E-state index contributed by atoms with van der Waals surface area (Å²) in [5, 5.41) is 15.6. The van der Waals surface area contributed by atoms with Crippen LogP contribution in [0.2, 0.25) is 0 Å². The fraction of sp³-hybridized carbons (Fsp3) is 0.396. The average molecular weight is 924 g/mol. The molecule has 19 nitrogen and oxygen atoms in total. The van der Waals surface area contributed by atoms with Crippen LogP contribution >= 0.6 is 0 Å². The zero-order valence-electron chi connectivity index (χ0n) is 39.3. The molecule has 1 unspecified atom stereocenters. The molecule has 3 N–H and O–H groups in total. The Bertz CT molecular complexity index is 2490. The van der Waals surface area contributed by atoms with Crippen LogP contribution in [0.5, 0.6) is 0 Å². The van der Waals surface area contributed by atoms with Crippen molar-refractivity contribution in [2.75, 3.05) is 61.2 Å². The molecule has 0 aliphatic carbocycles. The van der Waals surface area contributed by atoms with Gasteiger partial charge in [0.25, 0.3) is 0 Å². The quantitative estimate of drug-likeness (QED) is 0.0727. The van der Waals surface area contributed by atoms with Gasteiger partial charge in [-0.2, -0.15) is 0 Å². The number of allylic oxidation sites excluding steroid dienone is 11. The molecule has 19 heteroatoms. The minimum absolute atomic E-state index is 0.0997. The minimum atomic E-state index is -1.57. The summed E-state index contributed by atoms with van der Waals surface area (Å²) in [6, 6.07) is 0. The summed E-state index contributed by atoms with van der Waals surface area (Å²) in [6.45, 7) is 11.6. The monoisotopic (exact) mass is 923 g/mol. The maximum Gasteiger partial charge on any atom is 0.325 e. The average Bonchev–Trinajstić information content (AvgIpc) is 3.95. The van der Waals surface area contributed by atoms with Crippen LogP contribution in [-0.4, -0.2) is 135 Å². The first-order valence-corrected chi connectivity index (χ1v) is 21.4. The summed E-state index contributed by atoms with van der Waals surface area (Å²) >= 11 is 0. The largest absolute Gasteiger partial charge is 0.468 e. The molecular formula is C48H57N7O12. The number of ether oxygens (including phenoxy) is 4. The predicted molar refractivity (Wildman–Crippen MR) is 247 cm³/mol. The van der Waals surface area contributed by atoms with Crippen LogP contribution < -0.4 is 10.8 Å². The van der Waals surface area contributed by atoms with Gasteiger partial charge >= 0.3 is 23.9 Å². The Morgan fingerprint density at radius 2 is 1.19 bits per heavy atom. The van der Waals surface area contributed by atoms with E-state index in [-0.39, 0.29) is 25.7 Å². The highest BCUT2D eigenvalue weighted by molar-refractivity contribution is 6.18. The smallest absolute Gasteiger partial charge is 0.325 e. The van der Waals surface area contributed by atoms with Gasteiger partial charge in [0.05, 0.1) is 75.0 Å². The van der Waals surface area contributed by atoms with E-state index in [1.165, 1.54) is 28.4 Å². The molecule has 0 spiro atoms. The van der Waals surface area contributed by atoms with Gasteiger partial charge in [0.2, 0.25) is 11.8 Å². The van der Waals surface area contributed by atoms with Crippen LogP contribution in [0.4, 0.5) is 0 Å². The Hall–Kier alpha value is -7.25. The van der Waals surface area contributed by atoms with Gasteiger partial charge in [0.1, 0.15) is 31.8 Å². The number of aliphatic hydroxyl groups is 1. The third-order valence-corrected chi connectivity index (χ3v) is 11.6. The van der Waals surface area contributed by atoms with Gasteiger partial charge in [-0.3, -0.25) is 39.1 Å². The van der Waals surface area contributed by atoms with E-state index >= 15 is 0 Å². The molecule has 0 aromatic rings. The SMILES string of the molecule is C=CC1=C(C)C2=CC3=NC(=CC4=NC(=CC5=C(/C=C/NOCC)C(C)(O)C(=CC1=N2)N5)C(C)=C4CCC(=O)N(CC(=O)OC)CC(=O)OC)C(CCC(=O)N(CC(=O)OC)CC(=O)OC)=C3C. The number of nitrogens with one attached hydrogen (secondary N) is 2. The summed E-state index contributed by atoms with van der Waals surface area (Å²) in [6.07, 6.45) is 12.0. The predicted octanol–water partition coefficient (Wildman–Crippen LogP) is 3.61. The number of hydroxylamine groups is 1. The van der Waals surface area contributed by atoms with Crippen molar-refractivity contribution in [1.29, 1.82) is 0 Å². The van der Waals surface area contributed by atoms with Gasteiger partial charge in [-0.1, -0.05) is 12.7 Å². The molecule has 67 heavy (non-hydrogen) atoms. The van der Waals surface area contributed by atoms with Crippen molar-refractivity contribution in [2.24, 2.45) is 15.0 Å². The number of amides is 2. The Balaban J connectivity index is 1.70. The molecule has 0 aromatic heterocycles. The Morgan fingerprint density at radius 1 is 0.701 bits per heavy atom. The van der Waals surface area contributed by atoms with Gasteiger partial charge in [0, 0.05) is 35.9 Å². The van der Waals surface area contributed by atoms with Crippen LogP contribution in [0.15, 0.2) is 132 Å². The van der Waals surface area contributed by atoms with Crippen LogP contribution in [0, 0.1) is 0 Å². The van der Waals surface area contributed by atoms with Crippen molar-refractivity contribution in [3.05, 3.63) is 117 Å². The molecular weight excluding hydrogens is 867 g/mol. The standard InChI is InChI=1S/C48H57N7O12/c1-11-30-27(3)34-19-35-28(4)31(13-15-42(56)54(23-44(58)63-7)24-45(59)64-8)37(50-35)21-38-32(14-16-43(57)55(25-46(60)65-9)26-47(61)66-10)29(5)36(51-38)20-40-33(17-18-49-67-12-2)48(6,62)41(53-40)22-39(30)52-34/h11,17-22,49,53,62H,1,12-16,23-26H2,2-10H3/b18-17+,34-19?,36-20?,37-21?,41-22?. The third kappa shape index (κ3) is 11.8. The first-order chi connectivity index (χ1) is 31.9. The minimum Gasteiger partial charge on any atom is -0.468 e. The second-order valence-corrected chi connectivity index (χ2v) is 15.8. The van der Waals surface area contributed by atoms with Gasteiger partial charge in [-0.05, 0) is 106 Å². The molecule has 0 fully saturated rings. The van der Waals surface area contributed by atoms with E-state index in [1.54, 1.807) is 43.5 Å². The van der Waals surface area contributed by atoms with E-state index in [1.807, 2.05) is 33.8 Å². The molecule has 0 radical (unpaired) electrons. The van der Waals surface area contributed by atoms with Gasteiger partial charge in [0.15, 0.2) is 0 Å². The van der Waals surface area contributed by atoms with Gasteiger partial charge in [-0.15, -0.1) is 0 Å². The van der Waals surface area contributed by atoms with Gasteiger partial charge in [-0.25, -0.2) is 15.0 Å². The van der Waals surface area contributed by atoms with Crippen LogP contribution in [0.25, 0.3) is 0 Å². The van der Waals surface area contributed by atoms with E-state index in [0.717, 1.165) is 26.5 Å². The lowest BCUT2D eigenvalue weighted by Crippen LogP contribution is -2.40.